The number of hydrogen-bond acceptors (Lipinski definition) is 3. The van der Waals surface area contributed by atoms with Crippen molar-refractivity contribution >= 4 is 0 Å². The molecule has 1 unspecified atom stereocenters. The smallest absolute Gasteiger partial charge is 0.158 e. The highest BCUT2D eigenvalue weighted by Crippen LogP contribution is 2.45. The molecule has 2 aromatic rings. The van der Waals surface area contributed by atoms with Crippen molar-refractivity contribution in [1.29, 1.82) is 0 Å². The minimum absolute atomic E-state index is 0.0508. The zero-order valence-electron chi connectivity index (χ0n) is 10.0. The van der Waals surface area contributed by atoms with E-state index in [2.05, 4.69) is 9.97 Å². The highest BCUT2D eigenvalue weighted by atomic mass is 16.3. The molecule has 0 radical (unpaired) electrons. The van der Waals surface area contributed by atoms with Crippen LogP contribution in [0.25, 0.3) is 11.5 Å². The maximum atomic E-state index is 10.2. The van der Waals surface area contributed by atoms with Gasteiger partial charge in [0.05, 0.1) is 24.2 Å². The molecule has 1 saturated carbocycles. The van der Waals surface area contributed by atoms with Gasteiger partial charge in [0.1, 0.15) is 5.69 Å². The zero-order valence-corrected chi connectivity index (χ0v) is 10.0. The summed E-state index contributed by atoms with van der Waals surface area (Å²) < 4.78 is 3.96. The Morgan fingerprint density at radius 2 is 2.24 bits per heavy atom. The Labute approximate surface area is 99.7 Å². The number of rotatable bonds is 3. The van der Waals surface area contributed by atoms with E-state index in [1.54, 1.807) is 18.7 Å². The van der Waals surface area contributed by atoms with Crippen LogP contribution >= 0.6 is 0 Å². The van der Waals surface area contributed by atoms with E-state index in [4.69, 9.17) is 0 Å². The van der Waals surface area contributed by atoms with Crippen LogP contribution in [0.2, 0.25) is 0 Å². The van der Waals surface area contributed by atoms with E-state index in [0.29, 0.717) is 0 Å². The van der Waals surface area contributed by atoms with Crippen LogP contribution in [0.4, 0.5) is 0 Å². The van der Waals surface area contributed by atoms with Crippen LogP contribution in [-0.2, 0) is 7.05 Å². The molecule has 1 aliphatic rings. The molecule has 2 aromatic heterocycles. The first-order valence-corrected chi connectivity index (χ1v) is 5.84. The van der Waals surface area contributed by atoms with E-state index in [9.17, 15) is 5.11 Å². The van der Waals surface area contributed by atoms with E-state index < -0.39 is 5.60 Å². The number of aliphatic hydroxyl groups is 1. The van der Waals surface area contributed by atoms with Crippen LogP contribution in [0, 0.1) is 0 Å². The Morgan fingerprint density at radius 3 is 2.82 bits per heavy atom. The fraction of sp³-hybridized carbons (Fsp3) is 0.500. The zero-order chi connectivity index (χ0) is 12.0. The minimum Gasteiger partial charge on any atom is -0.388 e. The topological polar surface area (TPSA) is 55.9 Å². The van der Waals surface area contributed by atoms with Gasteiger partial charge in [-0.2, -0.15) is 0 Å². The molecule has 0 aromatic carbocycles. The molecule has 90 valence electrons. The number of imidazole rings is 2. The lowest BCUT2D eigenvalue weighted by atomic mass is 10.1. The van der Waals surface area contributed by atoms with Crippen molar-refractivity contribution in [3.63, 3.8) is 0 Å². The molecule has 5 nitrogen and oxygen atoms in total. The Bertz CT molecular complexity index is 538. The molecule has 1 aliphatic carbocycles. The lowest BCUT2D eigenvalue weighted by molar-refractivity contribution is 0.0962. The quantitative estimate of drug-likeness (QED) is 0.869. The number of aryl methyl sites for hydroxylation is 1. The molecule has 0 aliphatic heterocycles. The lowest BCUT2D eigenvalue weighted by Gasteiger charge is -2.21. The predicted octanol–water partition coefficient (Wildman–Crippen LogP) is 1.37. The molecule has 0 bridgehead atoms. The third-order valence-corrected chi connectivity index (χ3v) is 3.67. The average molecular weight is 232 g/mol. The van der Waals surface area contributed by atoms with Gasteiger partial charge < -0.3 is 14.2 Å². The first kappa shape index (κ1) is 10.5. The van der Waals surface area contributed by atoms with E-state index in [0.717, 1.165) is 24.4 Å². The highest BCUT2D eigenvalue weighted by molar-refractivity contribution is 5.49. The second-order valence-electron chi connectivity index (χ2n) is 4.83. The van der Waals surface area contributed by atoms with Gasteiger partial charge in [-0.25, -0.2) is 9.97 Å². The molecule has 2 heterocycles. The SMILES string of the molecule is CC(n1ccnc1-c1cncn1C)C1(O)CC1. The molecule has 17 heavy (non-hydrogen) atoms. The van der Waals surface area contributed by atoms with Crippen LogP contribution in [0.15, 0.2) is 24.9 Å². The number of nitrogens with zero attached hydrogens (tertiary/aromatic N) is 4. The molecule has 0 spiro atoms. The van der Waals surface area contributed by atoms with Crippen LogP contribution in [0.5, 0.6) is 0 Å². The van der Waals surface area contributed by atoms with Gasteiger partial charge in [0.2, 0.25) is 0 Å². The summed E-state index contributed by atoms with van der Waals surface area (Å²) in [5.74, 6) is 0.859. The maximum Gasteiger partial charge on any atom is 0.158 e. The van der Waals surface area contributed by atoms with Crippen molar-refractivity contribution in [1.82, 2.24) is 19.1 Å². The van der Waals surface area contributed by atoms with Crippen LogP contribution in [0.1, 0.15) is 25.8 Å². The van der Waals surface area contributed by atoms with Crippen molar-refractivity contribution < 1.29 is 5.11 Å². The fourth-order valence-corrected chi connectivity index (χ4v) is 2.20. The number of hydrogen-bond donors (Lipinski definition) is 1. The van der Waals surface area contributed by atoms with Gasteiger partial charge in [0.15, 0.2) is 5.82 Å². The first-order valence-electron chi connectivity index (χ1n) is 5.84. The van der Waals surface area contributed by atoms with Gasteiger partial charge in [-0.1, -0.05) is 0 Å². The molecule has 3 rings (SSSR count). The van der Waals surface area contributed by atoms with Gasteiger partial charge in [-0.15, -0.1) is 0 Å². The van der Waals surface area contributed by atoms with Crippen molar-refractivity contribution in [3.05, 3.63) is 24.9 Å². The predicted molar refractivity (Wildman–Crippen MR) is 63.3 cm³/mol. The van der Waals surface area contributed by atoms with Gasteiger partial charge >= 0.3 is 0 Å². The summed E-state index contributed by atoms with van der Waals surface area (Å²) in [5.41, 5.74) is 0.416. The summed E-state index contributed by atoms with van der Waals surface area (Å²) in [6.45, 7) is 2.04. The largest absolute Gasteiger partial charge is 0.388 e. The Hall–Kier alpha value is -1.62. The van der Waals surface area contributed by atoms with Crippen molar-refractivity contribution in [2.75, 3.05) is 0 Å². The number of aromatic nitrogens is 4. The Kier molecular flexibility index (Phi) is 2.13. The Balaban J connectivity index is 2.03. The lowest BCUT2D eigenvalue weighted by Crippen LogP contribution is -2.23. The second kappa shape index (κ2) is 3.43. The molecule has 1 atom stereocenters. The van der Waals surface area contributed by atoms with Gasteiger partial charge in [0, 0.05) is 19.4 Å². The van der Waals surface area contributed by atoms with Gasteiger partial charge in [-0.3, -0.25) is 0 Å². The summed E-state index contributed by atoms with van der Waals surface area (Å²) in [6, 6.07) is 0.0508. The monoisotopic (exact) mass is 232 g/mol. The average Bonchev–Trinajstić information content (AvgIpc) is 2.77. The molecule has 1 fully saturated rings. The first-order chi connectivity index (χ1) is 8.12. The van der Waals surface area contributed by atoms with E-state index in [-0.39, 0.29) is 6.04 Å². The molecule has 0 saturated heterocycles. The summed E-state index contributed by atoms with van der Waals surface area (Å²) >= 11 is 0. The molecular weight excluding hydrogens is 216 g/mol. The standard InChI is InChI=1S/C12H16N4O/c1-9(12(17)3-4-12)16-6-5-14-11(16)10-7-13-8-15(10)2/h5-9,17H,3-4H2,1-2H3. The third-order valence-electron chi connectivity index (χ3n) is 3.67. The molecule has 0 amide bonds. The fourth-order valence-electron chi connectivity index (χ4n) is 2.20. The van der Waals surface area contributed by atoms with Gasteiger partial charge in [0.25, 0.3) is 0 Å². The highest BCUT2D eigenvalue weighted by Gasteiger charge is 2.46. The summed E-state index contributed by atoms with van der Waals surface area (Å²) in [7, 11) is 1.94. The van der Waals surface area contributed by atoms with Crippen LogP contribution in [-0.4, -0.2) is 29.8 Å². The van der Waals surface area contributed by atoms with E-state index in [1.165, 1.54) is 0 Å². The second-order valence-corrected chi connectivity index (χ2v) is 4.83. The Morgan fingerprint density at radius 1 is 1.47 bits per heavy atom. The maximum absolute atomic E-state index is 10.2. The van der Waals surface area contributed by atoms with Gasteiger partial charge in [-0.05, 0) is 19.8 Å². The normalized spacial score (nSPS) is 19.2. The van der Waals surface area contributed by atoms with E-state index in [1.807, 2.05) is 29.3 Å². The molecule has 1 N–H and O–H groups in total. The van der Waals surface area contributed by atoms with Crippen molar-refractivity contribution in [2.24, 2.45) is 7.05 Å². The van der Waals surface area contributed by atoms with Crippen molar-refractivity contribution in [3.8, 4) is 11.5 Å². The summed E-state index contributed by atoms with van der Waals surface area (Å²) in [5, 5.41) is 10.2. The minimum atomic E-state index is -0.548. The van der Waals surface area contributed by atoms with Crippen LogP contribution < -0.4 is 0 Å². The van der Waals surface area contributed by atoms with E-state index >= 15 is 0 Å². The van der Waals surface area contributed by atoms with Crippen molar-refractivity contribution in [2.45, 2.75) is 31.4 Å². The summed E-state index contributed by atoms with van der Waals surface area (Å²) in [6.07, 6.45) is 8.98. The molecule has 5 heteroatoms. The molecular formula is C12H16N4O. The third kappa shape index (κ3) is 1.58. The van der Waals surface area contributed by atoms with Crippen LogP contribution in [0.3, 0.4) is 0 Å². The summed E-state index contributed by atoms with van der Waals surface area (Å²) in [4.78, 5) is 8.48.